The largest absolute Gasteiger partial charge is 0.370 e. The summed E-state index contributed by atoms with van der Waals surface area (Å²) in [5.41, 5.74) is 1.29. The molecular weight excluding hydrogens is 232 g/mol. The predicted molar refractivity (Wildman–Crippen MR) is 75.0 cm³/mol. The number of hydrogen-bond acceptors (Lipinski definition) is 2. The summed E-state index contributed by atoms with van der Waals surface area (Å²) in [6.07, 6.45) is 3.77. The monoisotopic (exact) mass is 252 g/mol. The first-order chi connectivity index (χ1) is 8.29. The molecule has 0 saturated carbocycles. The third-order valence-electron chi connectivity index (χ3n) is 3.30. The minimum atomic E-state index is 0.638. The second-order valence-corrected chi connectivity index (χ2v) is 5.15. The summed E-state index contributed by atoms with van der Waals surface area (Å²) in [6.45, 7) is 5.61. The highest BCUT2D eigenvalue weighted by atomic mass is 35.5. The van der Waals surface area contributed by atoms with E-state index in [0.29, 0.717) is 6.04 Å². The van der Waals surface area contributed by atoms with E-state index in [0.717, 1.165) is 24.7 Å². The fourth-order valence-electron chi connectivity index (χ4n) is 2.38. The van der Waals surface area contributed by atoms with Crippen LogP contribution >= 0.6 is 11.6 Å². The van der Waals surface area contributed by atoms with Gasteiger partial charge in [0.2, 0.25) is 0 Å². The highest BCUT2D eigenvalue weighted by molar-refractivity contribution is 6.30. The lowest BCUT2D eigenvalue weighted by molar-refractivity contribution is 0.423. The Morgan fingerprint density at radius 3 is 2.82 bits per heavy atom. The van der Waals surface area contributed by atoms with Crippen molar-refractivity contribution in [1.82, 2.24) is 5.32 Å². The van der Waals surface area contributed by atoms with Gasteiger partial charge in [0.15, 0.2) is 0 Å². The molecule has 2 rings (SSSR count). The lowest BCUT2D eigenvalue weighted by Crippen LogP contribution is -2.46. The third-order valence-corrected chi connectivity index (χ3v) is 3.55. The van der Waals surface area contributed by atoms with Crippen molar-refractivity contribution in [2.45, 2.75) is 32.2 Å². The zero-order valence-electron chi connectivity index (χ0n) is 10.5. The number of nitrogens with zero attached hydrogens (tertiary/aromatic N) is 1. The molecule has 2 nitrogen and oxygen atoms in total. The Balaban J connectivity index is 1.94. The maximum atomic E-state index is 5.92. The van der Waals surface area contributed by atoms with Crippen molar-refractivity contribution < 1.29 is 0 Å². The van der Waals surface area contributed by atoms with Crippen molar-refractivity contribution >= 4 is 17.3 Å². The number of halogens is 1. The van der Waals surface area contributed by atoms with Crippen LogP contribution < -0.4 is 10.2 Å². The van der Waals surface area contributed by atoms with Crippen LogP contribution in [0.3, 0.4) is 0 Å². The van der Waals surface area contributed by atoms with Crippen molar-refractivity contribution in [2.24, 2.45) is 0 Å². The Morgan fingerprint density at radius 2 is 2.12 bits per heavy atom. The standard InChI is InChI=1S/C14H21ClN2/c1-2-9-16-13-4-3-10-17(11-13)14-7-5-12(15)6-8-14/h5-8,13,16H,2-4,9-11H2,1H3. The van der Waals surface area contributed by atoms with E-state index >= 15 is 0 Å². The Hall–Kier alpha value is -0.730. The maximum absolute atomic E-state index is 5.92. The summed E-state index contributed by atoms with van der Waals surface area (Å²) in [7, 11) is 0. The summed E-state index contributed by atoms with van der Waals surface area (Å²) >= 11 is 5.92. The van der Waals surface area contributed by atoms with Crippen molar-refractivity contribution in [3.05, 3.63) is 29.3 Å². The van der Waals surface area contributed by atoms with Crippen LogP contribution in [0.2, 0.25) is 5.02 Å². The van der Waals surface area contributed by atoms with Crippen molar-refractivity contribution in [3.8, 4) is 0 Å². The van der Waals surface area contributed by atoms with E-state index in [1.807, 2.05) is 12.1 Å². The Kier molecular flexibility index (Phi) is 4.69. The van der Waals surface area contributed by atoms with E-state index in [1.165, 1.54) is 24.9 Å². The highest BCUT2D eigenvalue weighted by Gasteiger charge is 2.19. The van der Waals surface area contributed by atoms with Gasteiger partial charge in [-0.05, 0) is 50.1 Å². The van der Waals surface area contributed by atoms with Gasteiger partial charge in [-0.25, -0.2) is 0 Å². The first kappa shape index (κ1) is 12.7. The predicted octanol–water partition coefficient (Wildman–Crippen LogP) is 3.31. The fraction of sp³-hybridized carbons (Fsp3) is 0.571. The number of piperidine rings is 1. The molecule has 0 bridgehead atoms. The first-order valence-electron chi connectivity index (χ1n) is 6.53. The molecule has 0 spiro atoms. The number of nitrogens with one attached hydrogen (secondary N) is 1. The summed E-state index contributed by atoms with van der Waals surface area (Å²) in [6, 6.07) is 8.81. The molecule has 1 atom stereocenters. The van der Waals surface area contributed by atoms with E-state index in [-0.39, 0.29) is 0 Å². The molecule has 1 aliphatic heterocycles. The van der Waals surface area contributed by atoms with E-state index < -0.39 is 0 Å². The lowest BCUT2D eigenvalue weighted by Gasteiger charge is -2.35. The Morgan fingerprint density at radius 1 is 1.35 bits per heavy atom. The van der Waals surface area contributed by atoms with Crippen LogP contribution in [0.15, 0.2) is 24.3 Å². The second-order valence-electron chi connectivity index (χ2n) is 4.72. The molecule has 0 aliphatic carbocycles. The molecule has 0 amide bonds. The smallest absolute Gasteiger partial charge is 0.0407 e. The second kappa shape index (κ2) is 6.27. The highest BCUT2D eigenvalue weighted by Crippen LogP contribution is 2.21. The molecule has 1 N–H and O–H groups in total. The first-order valence-corrected chi connectivity index (χ1v) is 6.91. The molecule has 1 fully saturated rings. The van der Waals surface area contributed by atoms with Crippen LogP contribution in [0.1, 0.15) is 26.2 Å². The van der Waals surface area contributed by atoms with Gasteiger partial charge in [-0.1, -0.05) is 18.5 Å². The number of anilines is 1. The van der Waals surface area contributed by atoms with E-state index in [1.54, 1.807) is 0 Å². The van der Waals surface area contributed by atoms with Crippen LogP contribution in [0.4, 0.5) is 5.69 Å². The molecule has 1 unspecified atom stereocenters. The van der Waals surface area contributed by atoms with Gasteiger partial charge in [0, 0.05) is 29.8 Å². The number of benzene rings is 1. The molecule has 94 valence electrons. The maximum Gasteiger partial charge on any atom is 0.0407 e. The minimum Gasteiger partial charge on any atom is -0.370 e. The van der Waals surface area contributed by atoms with Crippen LogP contribution in [0.25, 0.3) is 0 Å². The van der Waals surface area contributed by atoms with E-state index in [2.05, 4.69) is 29.3 Å². The quantitative estimate of drug-likeness (QED) is 0.885. The van der Waals surface area contributed by atoms with Gasteiger partial charge in [-0.15, -0.1) is 0 Å². The van der Waals surface area contributed by atoms with E-state index in [4.69, 9.17) is 11.6 Å². The van der Waals surface area contributed by atoms with Crippen molar-refractivity contribution in [3.63, 3.8) is 0 Å². The topological polar surface area (TPSA) is 15.3 Å². The lowest BCUT2D eigenvalue weighted by atomic mass is 10.0. The van der Waals surface area contributed by atoms with Gasteiger partial charge in [-0.3, -0.25) is 0 Å². The number of hydrogen-bond donors (Lipinski definition) is 1. The zero-order chi connectivity index (χ0) is 12.1. The molecule has 1 heterocycles. The van der Waals surface area contributed by atoms with Crippen LogP contribution in [0.5, 0.6) is 0 Å². The molecule has 17 heavy (non-hydrogen) atoms. The summed E-state index contributed by atoms with van der Waals surface area (Å²) in [4.78, 5) is 2.45. The van der Waals surface area contributed by atoms with Crippen molar-refractivity contribution in [1.29, 1.82) is 0 Å². The number of rotatable bonds is 4. The molecule has 1 aromatic rings. The Bertz CT molecular complexity index is 337. The van der Waals surface area contributed by atoms with Gasteiger partial charge < -0.3 is 10.2 Å². The van der Waals surface area contributed by atoms with Crippen LogP contribution in [0, 0.1) is 0 Å². The summed E-state index contributed by atoms with van der Waals surface area (Å²) in [5.74, 6) is 0. The van der Waals surface area contributed by atoms with Crippen LogP contribution in [-0.2, 0) is 0 Å². The molecule has 0 radical (unpaired) electrons. The van der Waals surface area contributed by atoms with Gasteiger partial charge >= 0.3 is 0 Å². The average molecular weight is 253 g/mol. The zero-order valence-corrected chi connectivity index (χ0v) is 11.2. The molecule has 1 aliphatic rings. The summed E-state index contributed by atoms with van der Waals surface area (Å²) < 4.78 is 0. The van der Waals surface area contributed by atoms with E-state index in [9.17, 15) is 0 Å². The SMILES string of the molecule is CCCNC1CCCN(c2ccc(Cl)cc2)C1. The van der Waals surface area contributed by atoms with Gasteiger partial charge in [0.1, 0.15) is 0 Å². The molecule has 1 aromatic carbocycles. The molecular formula is C14H21ClN2. The molecule has 0 aromatic heterocycles. The Labute approximate surface area is 109 Å². The van der Waals surface area contributed by atoms with Gasteiger partial charge in [0.25, 0.3) is 0 Å². The molecule has 3 heteroatoms. The van der Waals surface area contributed by atoms with Crippen molar-refractivity contribution in [2.75, 3.05) is 24.5 Å². The molecule has 1 saturated heterocycles. The summed E-state index contributed by atoms with van der Waals surface area (Å²) in [5, 5.41) is 4.43. The van der Waals surface area contributed by atoms with Crippen LogP contribution in [-0.4, -0.2) is 25.7 Å². The fourth-order valence-corrected chi connectivity index (χ4v) is 2.50. The van der Waals surface area contributed by atoms with Gasteiger partial charge in [-0.2, -0.15) is 0 Å². The third kappa shape index (κ3) is 3.62. The van der Waals surface area contributed by atoms with Gasteiger partial charge in [0.05, 0.1) is 0 Å². The minimum absolute atomic E-state index is 0.638. The normalized spacial score (nSPS) is 20.6. The average Bonchev–Trinajstić information content (AvgIpc) is 2.37.